The first-order chi connectivity index (χ1) is 14.5. The van der Waals surface area contributed by atoms with Crippen LogP contribution < -0.4 is 15.8 Å². The zero-order valence-corrected chi connectivity index (χ0v) is 17.8. The highest BCUT2D eigenvalue weighted by Gasteiger charge is 2.22. The first-order valence-corrected chi connectivity index (χ1v) is 9.73. The molecule has 0 spiro atoms. The lowest BCUT2D eigenvalue weighted by Gasteiger charge is -2.21. The van der Waals surface area contributed by atoms with Crippen molar-refractivity contribution in [3.05, 3.63) is 53.8 Å². The molecule has 31 heavy (non-hydrogen) atoms. The van der Waals surface area contributed by atoms with E-state index in [2.05, 4.69) is 10.3 Å². The van der Waals surface area contributed by atoms with Crippen molar-refractivity contribution in [3.8, 4) is 5.75 Å². The van der Waals surface area contributed by atoms with Gasteiger partial charge in [0.15, 0.2) is 0 Å². The fourth-order valence-electron chi connectivity index (χ4n) is 2.87. The van der Waals surface area contributed by atoms with Gasteiger partial charge in [-0.2, -0.15) is 0 Å². The summed E-state index contributed by atoms with van der Waals surface area (Å²) < 4.78 is 25.5. The molecule has 9 heteroatoms. The normalized spacial score (nSPS) is 12.4. The first-order valence-electron chi connectivity index (χ1n) is 9.73. The van der Waals surface area contributed by atoms with Crippen molar-refractivity contribution in [3.63, 3.8) is 0 Å². The van der Waals surface area contributed by atoms with Gasteiger partial charge in [-0.05, 0) is 57.5 Å². The molecule has 3 rings (SSSR count). The molecule has 8 nitrogen and oxygen atoms in total. The molecular formula is C22H25FN4O4. The number of benzene rings is 2. The van der Waals surface area contributed by atoms with Crippen LogP contribution in [0.4, 0.5) is 15.1 Å². The summed E-state index contributed by atoms with van der Waals surface area (Å²) in [6, 6.07) is 10.1. The third-order valence-corrected chi connectivity index (χ3v) is 4.31. The lowest BCUT2D eigenvalue weighted by molar-refractivity contribution is -0.136. The maximum absolute atomic E-state index is 13.2. The van der Waals surface area contributed by atoms with Crippen LogP contribution in [-0.4, -0.2) is 33.3 Å². The molecule has 0 aliphatic rings. The van der Waals surface area contributed by atoms with Crippen LogP contribution in [0.25, 0.3) is 11.0 Å². The number of aromatic nitrogens is 2. The van der Waals surface area contributed by atoms with Crippen molar-refractivity contribution >= 4 is 29.0 Å². The lowest BCUT2D eigenvalue weighted by atomic mass is 10.2. The van der Waals surface area contributed by atoms with Gasteiger partial charge in [0, 0.05) is 6.07 Å². The Kier molecular flexibility index (Phi) is 6.14. The van der Waals surface area contributed by atoms with Gasteiger partial charge in [-0.3, -0.25) is 0 Å². The van der Waals surface area contributed by atoms with E-state index in [9.17, 15) is 14.0 Å². The zero-order valence-electron chi connectivity index (χ0n) is 17.8. The number of ether oxygens (including phenoxy) is 2. The van der Waals surface area contributed by atoms with E-state index in [0.717, 1.165) is 5.56 Å². The van der Waals surface area contributed by atoms with Crippen molar-refractivity contribution in [1.29, 1.82) is 0 Å². The number of halogens is 1. The lowest BCUT2D eigenvalue weighted by Crippen LogP contribution is -2.43. The summed E-state index contributed by atoms with van der Waals surface area (Å²) >= 11 is 0. The van der Waals surface area contributed by atoms with Crippen LogP contribution in [0.5, 0.6) is 5.75 Å². The Balaban J connectivity index is 1.75. The molecule has 0 aliphatic carbocycles. The third kappa shape index (κ3) is 5.71. The molecule has 0 saturated heterocycles. The highest BCUT2D eigenvalue weighted by Crippen LogP contribution is 2.24. The van der Waals surface area contributed by atoms with E-state index < -0.39 is 23.7 Å². The average Bonchev–Trinajstić information content (AvgIpc) is 2.97. The summed E-state index contributed by atoms with van der Waals surface area (Å²) in [6.45, 7) is 7.06. The SMILES string of the molecule is C[C@H](NC(=O)OC(C)(C)C)C(=O)Oc1ccc2nc(N)n(Cc3ccc(F)cc3)c2c1. The Morgan fingerprint density at radius 3 is 2.52 bits per heavy atom. The monoisotopic (exact) mass is 428 g/mol. The highest BCUT2D eigenvalue weighted by molar-refractivity contribution is 5.84. The van der Waals surface area contributed by atoms with Crippen LogP contribution in [0, 0.1) is 5.82 Å². The minimum atomic E-state index is -0.917. The van der Waals surface area contributed by atoms with E-state index in [1.807, 2.05) is 0 Å². The van der Waals surface area contributed by atoms with Crippen molar-refractivity contribution < 1.29 is 23.5 Å². The number of anilines is 1. The largest absolute Gasteiger partial charge is 0.444 e. The van der Waals surface area contributed by atoms with Gasteiger partial charge in [-0.15, -0.1) is 0 Å². The molecule has 1 heterocycles. The minimum Gasteiger partial charge on any atom is -0.444 e. The molecular weight excluding hydrogens is 403 g/mol. The van der Waals surface area contributed by atoms with E-state index in [-0.39, 0.29) is 17.5 Å². The number of nitrogen functional groups attached to an aromatic ring is 1. The van der Waals surface area contributed by atoms with Crippen LogP contribution in [0.15, 0.2) is 42.5 Å². The Labute approximate surface area is 179 Å². The number of carbonyl (C=O) groups is 2. The number of nitrogens with one attached hydrogen (secondary N) is 1. The van der Waals surface area contributed by atoms with Gasteiger partial charge >= 0.3 is 12.1 Å². The molecule has 2 aromatic carbocycles. The van der Waals surface area contributed by atoms with Crippen molar-refractivity contribution in [2.45, 2.75) is 45.9 Å². The van der Waals surface area contributed by atoms with Gasteiger partial charge in [0.25, 0.3) is 0 Å². The van der Waals surface area contributed by atoms with Crippen LogP contribution in [0.1, 0.15) is 33.3 Å². The number of nitrogens with two attached hydrogens (primary N) is 1. The maximum Gasteiger partial charge on any atom is 0.408 e. The van der Waals surface area contributed by atoms with Crippen LogP contribution >= 0.6 is 0 Å². The number of hydrogen-bond donors (Lipinski definition) is 2. The number of imidazole rings is 1. The zero-order chi connectivity index (χ0) is 22.8. The fraction of sp³-hybridized carbons (Fsp3) is 0.318. The Hall–Kier alpha value is -3.62. The number of alkyl carbamates (subject to hydrolysis) is 1. The fourth-order valence-corrected chi connectivity index (χ4v) is 2.87. The molecule has 0 fully saturated rings. The molecule has 1 aromatic heterocycles. The second kappa shape index (κ2) is 8.63. The molecule has 3 N–H and O–H groups in total. The summed E-state index contributed by atoms with van der Waals surface area (Å²) in [4.78, 5) is 28.5. The van der Waals surface area contributed by atoms with Gasteiger partial charge < -0.3 is 25.1 Å². The Bertz CT molecular complexity index is 1100. The number of hydrogen-bond acceptors (Lipinski definition) is 6. The number of carbonyl (C=O) groups excluding carboxylic acids is 2. The van der Waals surface area contributed by atoms with Gasteiger partial charge in [-0.1, -0.05) is 12.1 Å². The standard InChI is InChI=1S/C22H25FN4O4/c1-13(25-21(29)31-22(2,3)4)19(28)30-16-9-10-17-18(11-16)27(20(24)26-17)12-14-5-7-15(23)8-6-14/h5-11,13H,12H2,1-4H3,(H2,24,26)(H,25,29)/t13-/m0/s1. The molecule has 0 bridgehead atoms. The summed E-state index contributed by atoms with van der Waals surface area (Å²) in [5.41, 5.74) is 7.48. The van der Waals surface area contributed by atoms with E-state index in [4.69, 9.17) is 15.2 Å². The average molecular weight is 428 g/mol. The molecule has 0 aliphatic heterocycles. The number of esters is 1. The van der Waals surface area contributed by atoms with Crippen LogP contribution in [-0.2, 0) is 16.1 Å². The summed E-state index contributed by atoms with van der Waals surface area (Å²) in [7, 11) is 0. The molecule has 0 unspecified atom stereocenters. The summed E-state index contributed by atoms with van der Waals surface area (Å²) in [6.07, 6.45) is -0.711. The maximum atomic E-state index is 13.2. The summed E-state index contributed by atoms with van der Waals surface area (Å²) in [5.74, 6) is -0.420. The molecule has 164 valence electrons. The van der Waals surface area contributed by atoms with Crippen LogP contribution in [0.3, 0.4) is 0 Å². The quantitative estimate of drug-likeness (QED) is 0.475. The van der Waals surface area contributed by atoms with Gasteiger partial charge in [0.2, 0.25) is 5.95 Å². The molecule has 1 amide bonds. The molecule has 1 atom stereocenters. The molecule has 3 aromatic rings. The number of amides is 1. The van der Waals surface area contributed by atoms with E-state index in [0.29, 0.717) is 17.6 Å². The smallest absolute Gasteiger partial charge is 0.408 e. The topological polar surface area (TPSA) is 108 Å². The second-order valence-electron chi connectivity index (χ2n) is 8.12. The van der Waals surface area contributed by atoms with E-state index in [1.54, 1.807) is 55.7 Å². The summed E-state index contributed by atoms with van der Waals surface area (Å²) in [5, 5.41) is 2.44. The number of fused-ring (bicyclic) bond motifs is 1. The predicted octanol–water partition coefficient (Wildman–Crippen LogP) is 3.62. The second-order valence-corrected chi connectivity index (χ2v) is 8.12. The molecule has 0 saturated carbocycles. The van der Waals surface area contributed by atoms with Crippen molar-refractivity contribution in [2.75, 3.05) is 5.73 Å². The van der Waals surface area contributed by atoms with Gasteiger partial charge in [0.05, 0.1) is 17.6 Å². The minimum absolute atomic E-state index is 0.274. The Morgan fingerprint density at radius 1 is 1.19 bits per heavy atom. The first kappa shape index (κ1) is 22.1. The third-order valence-electron chi connectivity index (χ3n) is 4.31. The van der Waals surface area contributed by atoms with Crippen LogP contribution in [0.2, 0.25) is 0 Å². The van der Waals surface area contributed by atoms with Crippen molar-refractivity contribution in [2.24, 2.45) is 0 Å². The van der Waals surface area contributed by atoms with E-state index in [1.165, 1.54) is 19.1 Å². The molecule has 0 radical (unpaired) electrons. The highest BCUT2D eigenvalue weighted by atomic mass is 19.1. The Morgan fingerprint density at radius 2 is 1.87 bits per heavy atom. The van der Waals surface area contributed by atoms with Gasteiger partial charge in [-0.25, -0.2) is 19.0 Å². The number of nitrogens with zero attached hydrogens (tertiary/aromatic N) is 2. The predicted molar refractivity (Wildman–Crippen MR) is 114 cm³/mol. The number of rotatable bonds is 5. The van der Waals surface area contributed by atoms with Crippen molar-refractivity contribution in [1.82, 2.24) is 14.9 Å². The van der Waals surface area contributed by atoms with E-state index >= 15 is 0 Å². The van der Waals surface area contributed by atoms with Gasteiger partial charge in [0.1, 0.15) is 23.2 Å².